The van der Waals surface area contributed by atoms with Crippen LogP contribution in [0.4, 0.5) is 5.82 Å². The molecule has 78 valence electrons. The minimum absolute atomic E-state index is 0.160. The first-order valence-electron chi connectivity index (χ1n) is 4.29. The largest absolute Gasteiger partial charge is 0.325 e. The summed E-state index contributed by atoms with van der Waals surface area (Å²) < 4.78 is 0. The van der Waals surface area contributed by atoms with Gasteiger partial charge in [-0.15, -0.1) is 10.2 Å². The number of carbonyl (C=O) groups excluding carboxylic acids is 1. The summed E-state index contributed by atoms with van der Waals surface area (Å²) in [6.07, 6.45) is 0.237. The summed E-state index contributed by atoms with van der Waals surface area (Å²) in [5, 5.41) is 12.9. The predicted molar refractivity (Wildman–Crippen MR) is 55.6 cm³/mol. The summed E-state index contributed by atoms with van der Waals surface area (Å²) in [5.41, 5.74) is 6.03. The van der Waals surface area contributed by atoms with Crippen LogP contribution in [0.1, 0.15) is 6.42 Å². The second-order valence-corrected chi connectivity index (χ2v) is 3.35. The van der Waals surface area contributed by atoms with Crippen LogP contribution >= 0.6 is 11.6 Å². The SMILES string of the molecule is NCC1=NN(c2ccc(Cl)nn2)C(=O)C1. The van der Waals surface area contributed by atoms with Crippen molar-refractivity contribution in [1.29, 1.82) is 0 Å². The molecule has 1 aliphatic heterocycles. The molecule has 7 heteroatoms. The van der Waals surface area contributed by atoms with E-state index < -0.39 is 0 Å². The van der Waals surface area contributed by atoms with Gasteiger partial charge in [-0.2, -0.15) is 10.1 Å². The second kappa shape index (κ2) is 3.92. The highest BCUT2D eigenvalue weighted by molar-refractivity contribution is 6.29. The third kappa shape index (κ3) is 1.95. The van der Waals surface area contributed by atoms with Gasteiger partial charge in [0.15, 0.2) is 11.0 Å². The van der Waals surface area contributed by atoms with Gasteiger partial charge in [-0.05, 0) is 12.1 Å². The van der Waals surface area contributed by atoms with E-state index in [9.17, 15) is 4.79 Å². The van der Waals surface area contributed by atoms with E-state index in [2.05, 4.69) is 15.3 Å². The quantitative estimate of drug-likeness (QED) is 0.778. The van der Waals surface area contributed by atoms with Gasteiger partial charge in [0, 0.05) is 6.54 Å². The molecule has 0 unspecified atom stereocenters. The molecule has 1 aliphatic rings. The number of hydrogen-bond acceptors (Lipinski definition) is 5. The monoisotopic (exact) mass is 225 g/mol. The number of anilines is 1. The minimum atomic E-state index is -0.160. The van der Waals surface area contributed by atoms with Crippen molar-refractivity contribution in [3.63, 3.8) is 0 Å². The molecule has 2 N–H and O–H groups in total. The summed E-state index contributed by atoms with van der Waals surface area (Å²) in [7, 11) is 0. The Bertz CT molecular complexity index is 416. The van der Waals surface area contributed by atoms with E-state index in [1.54, 1.807) is 12.1 Å². The fourth-order valence-corrected chi connectivity index (χ4v) is 1.30. The summed E-state index contributed by atoms with van der Waals surface area (Å²) in [6.45, 7) is 0.267. The lowest BCUT2D eigenvalue weighted by molar-refractivity contribution is -0.116. The smallest absolute Gasteiger partial charge is 0.254 e. The minimum Gasteiger partial charge on any atom is -0.325 e. The van der Waals surface area contributed by atoms with Crippen LogP contribution in [0.3, 0.4) is 0 Å². The Hall–Kier alpha value is -1.53. The molecule has 1 amide bonds. The Morgan fingerprint density at radius 3 is 2.80 bits per heavy atom. The van der Waals surface area contributed by atoms with E-state index in [0.717, 1.165) is 0 Å². The molecule has 0 aliphatic carbocycles. The fourth-order valence-electron chi connectivity index (χ4n) is 1.20. The molecule has 0 saturated carbocycles. The van der Waals surface area contributed by atoms with E-state index in [1.807, 2.05) is 0 Å². The first kappa shape index (κ1) is 10.0. The molecule has 0 atom stereocenters. The zero-order chi connectivity index (χ0) is 10.8. The van der Waals surface area contributed by atoms with E-state index >= 15 is 0 Å². The van der Waals surface area contributed by atoms with Crippen molar-refractivity contribution in [1.82, 2.24) is 10.2 Å². The van der Waals surface area contributed by atoms with Crippen molar-refractivity contribution in [3.05, 3.63) is 17.3 Å². The maximum absolute atomic E-state index is 11.5. The third-order valence-electron chi connectivity index (χ3n) is 1.90. The third-order valence-corrected chi connectivity index (χ3v) is 2.11. The van der Waals surface area contributed by atoms with Gasteiger partial charge in [0.05, 0.1) is 12.1 Å². The van der Waals surface area contributed by atoms with Crippen LogP contribution in [0.25, 0.3) is 0 Å². The molecular weight excluding hydrogens is 218 g/mol. The number of rotatable bonds is 2. The summed E-state index contributed by atoms with van der Waals surface area (Å²) in [6, 6.07) is 3.13. The molecule has 0 fully saturated rings. The number of carbonyl (C=O) groups is 1. The van der Waals surface area contributed by atoms with Gasteiger partial charge in [0.25, 0.3) is 5.91 Å². The lowest BCUT2D eigenvalue weighted by Crippen LogP contribution is -2.21. The standard InChI is InChI=1S/C8H8ClN5O/c9-6-1-2-7(12-11-6)14-8(15)3-5(4-10)13-14/h1-2H,3-4,10H2. The molecule has 0 aromatic carbocycles. The summed E-state index contributed by atoms with van der Waals surface area (Å²) >= 11 is 5.58. The Balaban J connectivity index is 2.28. The van der Waals surface area contributed by atoms with Crippen molar-refractivity contribution >= 4 is 29.0 Å². The van der Waals surface area contributed by atoms with Crippen LogP contribution in [-0.2, 0) is 4.79 Å². The van der Waals surface area contributed by atoms with Crippen LogP contribution in [0.5, 0.6) is 0 Å². The van der Waals surface area contributed by atoms with Crippen LogP contribution in [0, 0.1) is 0 Å². The predicted octanol–water partition coefficient (Wildman–Crippen LogP) is 0.181. The fraction of sp³-hybridized carbons (Fsp3) is 0.250. The maximum Gasteiger partial charge on any atom is 0.254 e. The van der Waals surface area contributed by atoms with Gasteiger partial charge in [-0.25, -0.2) is 0 Å². The Kier molecular flexibility index (Phi) is 2.61. The Morgan fingerprint density at radius 2 is 2.27 bits per heavy atom. The number of halogens is 1. The highest BCUT2D eigenvalue weighted by Crippen LogP contribution is 2.17. The molecule has 0 spiro atoms. The molecule has 2 rings (SSSR count). The molecule has 1 aromatic rings. The first-order valence-corrected chi connectivity index (χ1v) is 4.67. The second-order valence-electron chi connectivity index (χ2n) is 2.97. The molecule has 1 aromatic heterocycles. The topological polar surface area (TPSA) is 84.5 Å². The van der Waals surface area contributed by atoms with Crippen molar-refractivity contribution in [2.45, 2.75) is 6.42 Å². The molecule has 0 bridgehead atoms. The van der Waals surface area contributed by atoms with Gasteiger partial charge >= 0.3 is 0 Å². The van der Waals surface area contributed by atoms with Gasteiger partial charge in [-0.3, -0.25) is 4.79 Å². The van der Waals surface area contributed by atoms with Gasteiger partial charge in [-0.1, -0.05) is 11.6 Å². The number of hydrogen-bond donors (Lipinski definition) is 1. The zero-order valence-electron chi connectivity index (χ0n) is 7.72. The summed E-state index contributed by atoms with van der Waals surface area (Å²) in [4.78, 5) is 11.5. The van der Waals surface area contributed by atoms with E-state index in [-0.39, 0.29) is 24.0 Å². The van der Waals surface area contributed by atoms with Gasteiger partial charge < -0.3 is 5.73 Å². The molecular formula is C8H8ClN5O. The Morgan fingerprint density at radius 1 is 1.47 bits per heavy atom. The maximum atomic E-state index is 11.5. The van der Waals surface area contributed by atoms with Crippen molar-refractivity contribution in [3.8, 4) is 0 Å². The molecule has 6 nitrogen and oxygen atoms in total. The van der Waals surface area contributed by atoms with Crippen LogP contribution in [-0.4, -0.2) is 28.4 Å². The number of aromatic nitrogens is 2. The number of nitrogens with zero attached hydrogens (tertiary/aromatic N) is 4. The number of nitrogens with two attached hydrogens (primary N) is 1. The van der Waals surface area contributed by atoms with Crippen molar-refractivity contribution < 1.29 is 4.79 Å². The average Bonchev–Trinajstić information content (AvgIpc) is 2.61. The lowest BCUT2D eigenvalue weighted by Gasteiger charge is -2.08. The summed E-state index contributed by atoms with van der Waals surface area (Å²) in [5.74, 6) is 0.194. The molecule has 0 saturated heterocycles. The lowest BCUT2D eigenvalue weighted by atomic mass is 10.3. The first-order chi connectivity index (χ1) is 7.20. The van der Waals surface area contributed by atoms with Gasteiger partial charge in [0.1, 0.15) is 0 Å². The van der Waals surface area contributed by atoms with E-state index in [0.29, 0.717) is 11.5 Å². The average molecular weight is 226 g/mol. The highest BCUT2D eigenvalue weighted by Gasteiger charge is 2.25. The number of hydrazone groups is 1. The highest BCUT2D eigenvalue weighted by atomic mass is 35.5. The number of amides is 1. The van der Waals surface area contributed by atoms with Crippen LogP contribution in [0.15, 0.2) is 17.2 Å². The normalized spacial score (nSPS) is 15.7. The van der Waals surface area contributed by atoms with Crippen molar-refractivity contribution in [2.24, 2.45) is 10.8 Å². The Labute approximate surface area is 90.7 Å². The zero-order valence-corrected chi connectivity index (χ0v) is 8.48. The molecule has 2 heterocycles. The van der Waals surface area contributed by atoms with Gasteiger partial charge in [0.2, 0.25) is 0 Å². The van der Waals surface area contributed by atoms with Crippen LogP contribution < -0.4 is 10.7 Å². The van der Waals surface area contributed by atoms with Crippen LogP contribution in [0.2, 0.25) is 5.15 Å². The van der Waals surface area contributed by atoms with E-state index in [1.165, 1.54) is 5.01 Å². The molecule has 0 radical (unpaired) electrons. The van der Waals surface area contributed by atoms with Crippen molar-refractivity contribution in [2.75, 3.05) is 11.6 Å². The molecule has 15 heavy (non-hydrogen) atoms. The van der Waals surface area contributed by atoms with E-state index in [4.69, 9.17) is 17.3 Å².